The lowest BCUT2D eigenvalue weighted by Crippen LogP contribution is -2.28. The Bertz CT molecular complexity index is 1830. The summed E-state index contributed by atoms with van der Waals surface area (Å²) < 4.78 is 42.7. The molecule has 0 bridgehead atoms. The van der Waals surface area contributed by atoms with Crippen LogP contribution < -0.4 is 10.5 Å². The van der Waals surface area contributed by atoms with E-state index >= 15 is 0 Å². The van der Waals surface area contributed by atoms with Crippen LogP contribution in [0.1, 0.15) is 28.3 Å². The van der Waals surface area contributed by atoms with Crippen LogP contribution in [0.25, 0.3) is 21.9 Å². The number of rotatable bonds is 6. The summed E-state index contributed by atoms with van der Waals surface area (Å²) in [4.78, 5) is 32.0. The molecule has 0 radical (unpaired) electrons. The Hall–Kier alpha value is -4.92. The van der Waals surface area contributed by atoms with Crippen molar-refractivity contribution in [3.05, 3.63) is 130 Å². The molecule has 1 aliphatic heterocycles. The molecule has 3 aromatic carbocycles. The van der Waals surface area contributed by atoms with Gasteiger partial charge >= 0.3 is 12.1 Å². The molecule has 0 aliphatic carbocycles. The molecule has 0 spiro atoms. The van der Waals surface area contributed by atoms with Crippen LogP contribution in [0.4, 0.5) is 19.0 Å². The van der Waals surface area contributed by atoms with E-state index in [0.717, 1.165) is 34.0 Å². The van der Waals surface area contributed by atoms with E-state index in [4.69, 9.17) is 0 Å². The molecule has 6 nitrogen and oxygen atoms in total. The van der Waals surface area contributed by atoms with Crippen molar-refractivity contribution in [2.45, 2.75) is 25.2 Å². The molecule has 206 valence electrons. The molecule has 6 rings (SSSR count). The van der Waals surface area contributed by atoms with E-state index in [1.807, 2.05) is 54.6 Å². The van der Waals surface area contributed by atoms with Crippen molar-refractivity contribution in [3.8, 4) is 11.1 Å². The first kappa shape index (κ1) is 26.3. The van der Waals surface area contributed by atoms with Crippen molar-refractivity contribution in [3.63, 3.8) is 0 Å². The normalized spacial score (nSPS) is 14.8. The monoisotopic (exact) mass is 555 g/mol. The molecule has 2 aromatic heterocycles. The van der Waals surface area contributed by atoms with Crippen molar-refractivity contribution in [2.75, 3.05) is 11.4 Å². The molecule has 0 fully saturated rings. The Labute approximate surface area is 232 Å². The summed E-state index contributed by atoms with van der Waals surface area (Å²) in [6.45, 7) is 0.264. The van der Waals surface area contributed by atoms with Gasteiger partial charge in [-0.1, -0.05) is 66.7 Å². The lowest BCUT2D eigenvalue weighted by atomic mass is 9.93. The fourth-order valence-electron chi connectivity index (χ4n) is 5.61. The van der Waals surface area contributed by atoms with Gasteiger partial charge in [-0.05, 0) is 39.8 Å². The molecular formula is C32H24F3N3O3. The van der Waals surface area contributed by atoms with Crippen LogP contribution in [0.2, 0.25) is 0 Å². The Morgan fingerprint density at radius 2 is 1.68 bits per heavy atom. The van der Waals surface area contributed by atoms with Crippen LogP contribution in [-0.4, -0.2) is 27.2 Å². The Morgan fingerprint density at radius 3 is 2.44 bits per heavy atom. The van der Waals surface area contributed by atoms with Crippen molar-refractivity contribution < 1.29 is 23.1 Å². The lowest BCUT2D eigenvalue weighted by molar-refractivity contribution is -0.140. The molecule has 1 N–H and O–H groups in total. The van der Waals surface area contributed by atoms with Gasteiger partial charge in [-0.2, -0.15) is 13.2 Å². The van der Waals surface area contributed by atoms with E-state index in [2.05, 4.69) is 4.98 Å². The summed E-state index contributed by atoms with van der Waals surface area (Å²) in [6, 6.07) is 22.0. The molecule has 5 aromatic rings. The van der Waals surface area contributed by atoms with Crippen molar-refractivity contribution >= 4 is 22.6 Å². The molecule has 1 aliphatic rings. The minimum Gasteiger partial charge on any atom is -0.480 e. The van der Waals surface area contributed by atoms with Gasteiger partial charge in [0, 0.05) is 42.4 Å². The summed E-state index contributed by atoms with van der Waals surface area (Å²) >= 11 is 0. The highest BCUT2D eigenvalue weighted by Crippen LogP contribution is 2.42. The van der Waals surface area contributed by atoms with Crippen molar-refractivity contribution in [1.82, 2.24) is 9.55 Å². The second-order valence-electron chi connectivity index (χ2n) is 10.1. The maximum atomic E-state index is 13.8. The van der Waals surface area contributed by atoms with Gasteiger partial charge in [0.15, 0.2) is 6.04 Å². The summed E-state index contributed by atoms with van der Waals surface area (Å²) in [5, 5.41) is 11.9. The molecule has 9 heteroatoms. The van der Waals surface area contributed by atoms with Crippen molar-refractivity contribution in [1.29, 1.82) is 0 Å². The van der Waals surface area contributed by atoms with Gasteiger partial charge in [-0.25, -0.2) is 4.79 Å². The van der Waals surface area contributed by atoms with Gasteiger partial charge in [0.2, 0.25) is 0 Å². The number of aliphatic carboxylic acids is 1. The third-order valence-corrected chi connectivity index (χ3v) is 7.42. The summed E-state index contributed by atoms with van der Waals surface area (Å²) in [6.07, 6.45) is -0.966. The highest BCUT2D eigenvalue weighted by atomic mass is 19.4. The third-order valence-electron chi connectivity index (χ3n) is 7.42. The van der Waals surface area contributed by atoms with E-state index in [9.17, 15) is 27.9 Å². The van der Waals surface area contributed by atoms with E-state index in [0.29, 0.717) is 11.1 Å². The largest absolute Gasteiger partial charge is 0.480 e. The number of halogens is 3. The van der Waals surface area contributed by atoms with Crippen LogP contribution in [0.15, 0.2) is 102 Å². The van der Waals surface area contributed by atoms with E-state index in [1.165, 1.54) is 16.7 Å². The van der Waals surface area contributed by atoms with Crippen LogP contribution in [0.5, 0.6) is 0 Å². The predicted octanol–water partition coefficient (Wildman–Crippen LogP) is 6.32. The van der Waals surface area contributed by atoms with Gasteiger partial charge in [0.05, 0.1) is 12.1 Å². The minimum atomic E-state index is -4.59. The molecule has 1 atom stereocenters. The second kappa shape index (κ2) is 10.2. The Balaban J connectivity index is 1.62. The van der Waals surface area contributed by atoms with Gasteiger partial charge < -0.3 is 10.0 Å². The molecule has 0 saturated carbocycles. The van der Waals surface area contributed by atoms with E-state index in [-0.39, 0.29) is 30.9 Å². The topological polar surface area (TPSA) is 75.4 Å². The predicted molar refractivity (Wildman–Crippen MR) is 150 cm³/mol. The quantitative estimate of drug-likeness (QED) is 0.266. The fraction of sp³-hybridized carbons (Fsp3) is 0.156. The molecule has 0 saturated heterocycles. The number of anilines is 1. The number of carboxylic acid groups (broad SMARTS) is 1. The summed E-state index contributed by atoms with van der Waals surface area (Å²) in [7, 11) is 0. The average molecular weight is 556 g/mol. The molecule has 1 unspecified atom stereocenters. The number of nitrogens with zero attached hydrogens (tertiary/aromatic N) is 3. The number of fused-ring (bicyclic) bond motifs is 2. The van der Waals surface area contributed by atoms with Gasteiger partial charge in [-0.3, -0.25) is 14.3 Å². The number of carbonyl (C=O) groups is 1. The van der Waals surface area contributed by atoms with Crippen LogP contribution in [0.3, 0.4) is 0 Å². The molecule has 3 heterocycles. The number of benzene rings is 3. The number of pyridine rings is 2. The van der Waals surface area contributed by atoms with Crippen molar-refractivity contribution in [2.24, 2.45) is 0 Å². The zero-order chi connectivity index (χ0) is 28.7. The van der Waals surface area contributed by atoms with Crippen LogP contribution >= 0.6 is 0 Å². The maximum Gasteiger partial charge on any atom is 0.416 e. The number of aromatic nitrogens is 2. The molecular weight excluding hydrogens is 531 g/mol. The average Bonchev–Trinajstić information content (AvgIpc) is 3.33. The molecule has 41 heavy (non-hydrogen) atoms. The number of hydrogen-bond donors (Lipinski definition) is 1. The first-order valence-corrected chi connectivity index (χ1v) is 13.0. The molecule has 0 amide bonds. The van der Waals surface area contributed by atoms with Crippen LogP contribution in [-0.2, 0) is 23.9 Å². The smallest absolute Gasteiger partial charge is 0.416 e. The zero-order valence-corrected chi connectivity index (χ0v) is 21.7. The van der Waals surface area contributed by atoms with Gasteiger partial charge in [0.1, 0.15) is 5.82 Å². The lowest BCUT2D eigenvalue weighted by Gasteiger charge is -2.24. The van der Waals surface area contributed by atoms with E-state index in [1.54, 1.807) is 23.4 Å². The Kier molecular flexibility index (Phi) is 6.57. The SMILES string of the molecule is O=C(O)C1CN(Cc2ccccc2)c2c(-c3cccc(C(F)(F)F)c3)c(Cc3cncc4ccccc34)cc(=O)n21. The van der Waals surface area contributed by atoms with E-state index < -0.39 is 29.3 Å². The second-order valence-corrected chi connectivity index (χ2v) is 10.1. The van der Waals surface area contributed by atoms with Crippen LogP contribution in [0, 0.1) is 0 Å². The summed E-state index contributed by atoms with van der Waals surface area (Å²) in [5.74, 6) is -0.902. The van der Waals surface area contributed by atoms with Gasteiger partial charge in [-0.15, -0.1) is 0 Å². The fourth-order valence-corrected chi connectivity index (χ4v) is 5.61. The first-order valence-electron chi connectivity index (χ1n) is 13.0. The third kappa shape index (κ3) is 4.95. The number of carboxylic acids is 1. The maximum absolute atomic E-state index is 13.8. The zero-order valence-electron chi connectivity index (χ0n) is 21.7. The highest BCUT2D eigenvalue weighted by molar-refractivity contribution is 5.87. The summed E-state index contributed by atoms with van der Waals surface area (Å²) in [5.41, 5.74) is 1.43. The standard InChI is InChI=1S/C32H24F3N3O3/c33-32(34,35)25-11-6-10-21(14-25)29-23(13-24-17-36-16-22-9-4-5-12-26(22)24)15-28(39)38-27(31(40)41)19-37(30(29)38)18-20-7-2-1-3-8-20/h1-12,14-17,27H,13,18-19H2,(H,40,41). The highest BCUT2D eigenvalue weighted by Gasteiger charge is 2.38. The first-order chi connectivity index (χ1) is 19.7. The number of alkyl halides is 3. The minimum absolute atomic E-state index is 0.00922. The number of hydrogen-bond acceptors (Lipinski definition) is 4. The van der Waals surface area contributed by atoms with Gasteiger partial charge in [0.25, 0.3) is 5.56 Å². The Morgan fingerprint density at radius 1 is 0.927 bits per heavy atom.